The van der Waals surface area contributed by atoms with E-state index in [9.17, 15) is 4.79 Å². The van der Waals surface area contributed by atoms with Crippen LogP contribution in [-0.4, -0.2) is 69.9 Å². The van der Waals surface area contributed by atoms with Crippen LogP contribution in [0.25, 0.3) is 5.69 Å². The largest absolute Gasteiger partial charge is 0.378 e. The molecule has 0 bridgehead atoms. The highest BCUT2D eigenvalue weighted by Gasteiger charge is 2.25. The van der Waals surface area contributed by atoms with Crippen LogP contribution in [0.3, 0.4) is 0 Å². The lowest BCUT2D eigenvalue weighted by Gasteiger charge is -2.35. The first-order valence-corrected chi connectivity index (χ1v) is 9.29. The lowest BCUT2D eigenvalue weighted by Crippen LogP contribution is -2.49. The number of carbonyl (C=O) groups is 1. The monoisotopic (exact) mass is 356 g/mol. The lowest BCUT2D eigenvalue weighted by molar-refractivity contribution is -0.132. The van der Waals surface area contributed by atoms with Gasteiger partial charge in [0, 0.05) is 39.2 Å². The third-order valence-corrected chi connectivity index (χ3v) is 5.07. The number of carbonyl (C=O) groups excluding carboxylic acids is 1. The minimum Gasteiger partial charge on any atom is -0.378 e. The third-order valence-electron chi connectivity index (χ3n) is 5.07. The first-order valence-electron chi connectivity index (χ1n) is 9.29. The van der Waals surface area contributed by atoms with Crippen LogP contribution in [0.15, 0.2) is 30.3 Å². The second-order valence-electron chi connectivity index (χ2n) is 6.77. The molecule has 2 aromatic rings. The molecule has 0 saturated carbocycles. The number of hydrogen-bond donors (Lipinski definition) is 0. The summed E-state index contributed by atoms with van der Waals surface area (Å²) in [5, 5.41) is 12.1. The Kier molecular flexibility index (Phi) is 5.10. The van der Waals surface area contributed by atoms with Gasteiger partial charge in [0.1, 0.15) is 0 Å². The van der Waals surface area contributed by atoms with Gasteiger partial charge < -0.3 is 14.5 Å². The number of piperazine rings is 1. The highest BCUT2D eigenvalue weighted by molar-refractivity contribution is 5.76. The van der Waals surface area contributed by atoms with Crippen LogP contribution >= 0.6 is 0 Å². The fraction of sp³-hybridized carbons (Fsp3) is 0.556. The molecule has 26 heavy (non-hydrogen) atoms. The van der Waals surface area contributed by atoms with Crippen molar-refractivity contribution in [3.05, 3.63) is 30.3 Å². The van der Waals surface area contributed by atoms with Crippen LogP contribution in [0.4, 0.5) is 5.95 Å². The number of tetrazole rings is 1. The SMILES string of the molecule is O=C(CC[C@@H]1CCCO1)N1CCN(c2nnnn2-c2ccccc2)CC1. The zero-order valence-electron chi connectivity index (χ0n) is 14.8. The van der Waals surface area contributed by atoms with Crippen molar-refractivity contribution < 1.29 is 9.53 Å². The molecule has 0 spiro atoms. The van der Waals surface area contributed by atoms with E-state index in [-0.39, 0.29) is 12.0 Å². The zero-order valence-corrected chi connectivity index (χ0v) is 14.8. The molecule has 0 radical (unpaired) electrons. The van der Waals surface area contributed by atoms with Gasteiger partial charge in [0.15, 0.2) is 0 Å². The van der Waals surface area contributed by atoms with Crippen LogP contribution in [0.1, 0.15) is 25.7 Å². The van der Waals surface area contributed by atoms with Gasteiger partial charge in [-0.25, -0.2) is 0 Å². The van der Waals surface area contributed by atoms with Crippen molar-refractivity contribution in [2.75, 3.05) is 37.7 Å². The van der Waals surface area contributed by atoms with Gasteiger partial charge in [-0.1, -0.05) is 23.3 Å². The van der Waals surface area contributed by atoms with Crippen molar-refractivity contribution in [3.63, 3.8) is 0 Å². The Morgan fingerprint density at radius 2 is 1.96 bits per heavy atom. The summed E-state index contributed by atoms with van der Waals surface area (Å²) in [4.78, 5) is 16.5. The number of hydrogen-bond acceptors (Lipinski definition) is 6. The number of anilines is 1. The Balaban J connectivity index is 1.33. The van der Waals surface area contributed by atoms with Crippen LogP contribution in [-0.2, 0) is 9.53 Å². The summed E-state index contributed by atoms with van der Waals surface area (Å²) in [6.07, 6.45) is 3.89. The predicted octanol–water partition coefficient (Wildman–Crippen LogP) is 1.27. The normalized spacial score (nSPS) is 20.5. The molecule has 2 fully saturated rings. The highest BCUT2D eigenvalue weighted by atomic mass is 16.5. The second-order valence-corrected chi connectivity index (χ2v) is 6.77. The molecule has 0 unspecified atom stereocenters. The van der Waals surface area contributed by atoms with Gasteiger partial charge >= 0.3 is 0 Å². The summed E-state index contributed by atoms with van der Waals surface area (Å²) in [5.74, 6) is 0.949. The number of nitrogens with zero attached hydrogens (tertiary/aromatic N) is 6. The molecule has 0 aliphatic carbocycles. The molecule has 4 rings (SSSR count). The van der Waals surface area contributed by atoms with E-state index in [4.69, 9.17) is 4.74 Å². The Labute approximate surface area is 152 Å². The van der Waals surface area contributed by atoms with Crippen molar-refractivity contribution >= 4 is 11.9 Å². The van der Waals surface area contributed by atoms with E-state index in [1.54, 1.807) is 4.68 Å². The predicted molar refractivity (Wildman–Crippen MR) is 96.2 cm³/mol. The summed E-state index contributed by atoms with van der Waals surface area (Å²) in [6, 6.07) is 9.85. The van der Waals surface area contributed by atoms with E-state index in [2.05, 4.69) is 20.4 Å². The summed E-state index contributed by atoms with van der Waals surface area (Å²) in [7, 11) is 0. The van der Waals surface area contributed by atoms with Crippen LogP contribution in [0.5, 0.6) is 0 Å². The van der Waals surface area contributed by atoms with Gasteiger partial charge in [-0.2, -0.15) is 4.68 Å². The first-order chi connectivity index (χ1) is 12.8. The molecule has 8 nitrogen and oxygen atoms in total. The Bertz CT molecular complexity index is 720. The molecule has 2 aliphatic rings. The van der Waals surface area contributed by atoms with Crippen LogP contribution < -0.4 is 4.90 Å². The molecule has 1 amide bonds. The molecule has 2 aliphatic heterocycles. The third kappa shape index (κ3) is 3.70. The molecule has 1 atom stereocenters. The van der Waals surface area contributed by atoms with Crippen molar-refractivity contribution in [3.8, 4) is 5.69 Å². The fourth-order valence-corrected chi connectivity index (χ4v) is 3.59. The molecule has 1 aromatic heterocycles. The maximum Gasteiger partial charge on any atom is 0.250 e. The molecule has 0 N–H and O–H groups in total. The topological polar surface area (TPSA) is 76.4 Å². The summed E-state index contributed by atoms with van der Waals surface area (Å²) >= 11 is 0. The maximum atomic E-state index is 12.4. The van der Waals surface area contributed by atoms with Crippen molar-refractivity contribution in [2.24, 2.45) is 0 Å². The maximum absolute atomic E-state index is 12.4. The summed E-state index contributed by atoms with van der Waals surface area (Å²) < 4.78 is 7.35. The van der Waals surface area contributed by atoms with E-state index >= 15 is 0 Å². The Hall–Kier alpha value is -2.48. The number of benzene rings is 1. The quantitative estimate of drug-likeness (QED) is 0.803. The number of aromatic nitrogens is 4. The average Bonchev–Trinajstić information content (AvgIpc) is 3.39. The van der Waals surface area contributed by atoms with E-state index in [1.165, 1.54) is 0 Å². The van der Waals surface area contributed by atoms with E-state index < -0.39 is 0 Å². The van der Waals surface area contributed by atoms with Crippen LogP contribution in [0, 0.1) is 0 Å². The zero-order chi connectivity index (χ0) is 17.8. The number of amides is 1. The standard InChI is InChI=1S/C18H24N6O2/c25-17(9-8-16-7-4-14-26-16)22-10-12-23(13-11-22)18-19-20-21-24(18)15-5-2-1-3-6-15/h1-3,5-6,16H,4,7-14H2/t16-/m0/s1. The highest BCUT2D eigenvalue weighted by Crippen LogP contribution is 2.19. The smallest absolute Gasteiger partial charge is 0.250 e. The lowest BCUT2D eigenvalue weighted by atomic mass is 10.1. The molecule has 3 heterocycles. The number of ether oxygens (including phenoxy) is 1. The van der Waals surface area contributed by atoms with Crippen LogP contribution in [0.2, 0.25) is 0 Å². The molecule has 8 heteroatoms. The minimum atomic E-state index is 0.225. The van der Waals surface area contributed by atoms with E-state index in [0.717, 1.165) is 50.6 Å². The summed E-state index contributed by atoms with van der Waals surface area (Å²) in [6.45, 7) is 3.71. The van der Waals surface area contributed by atoms with Gasteiger partial charge in [-0.05, 0) is 41.8 Å². The Morgan fingerprint density at radius 3 is 2.69 bits per heavy atom. The number of rotatable bonds is 5. The molecule has 138 valence electrons. The number of para-hydroxylation sites is 1. The van der Waals surface area contributed by atoms with Crippen molar-refractivity contribution in [1.29, 1.82) is 0 Å². The van der Waals surface area contributed by atoms with Gasteiger partial charge in [0.2, 0.25) is 11.9 Å². The van der Waals surface area contributed by atoms with Gasteiger partial charge in [-0.3, -0.25) is 4.79 Å². The van der Waals surface area contributed by atoms with Gasteiger partial charge in [-0.15, -0.1) is 0 Å². The average molecular weight is 356 g/mol. The molecular weight excluding hydrogens is 332 g/mol. The van der Waals surface area contributed by atoms with Crippen molar-refractivity contribution in [2.45, 2.75) is 31.8 Å². The van der Waals surface area contributed by atoms with E-state index in [0.29, 0.717) is 19.5 Å². The minimum absolute atomic E-state index is 0.225. The van der Waals surface area contributed by atoms with Gasteiger partial charge in [0.05, 0.1) is 11.8 Å². The fourth-order valence-electron chi connectivity index (χ4n) is 3.59. The molecule has 1 aromatic carbocycles. The second kappa shape index (κ2) is 7.82. The van der Waals surface area contributed by atoms with Gasteiger partial charge in [0.25, 0.3) is 0 Å². The Morgan fingerprint density at radius 1 is 1.15 bits per heavy atom. The summed E-state index contributed by atoms with van der Waals surface area (Å²) in [5.41, 5.74) is 0.933. The molecule has 2 saturated heterocycles. The molecular formula is C18H24N6O2. The first kappa shape index (κ1) is 17.0. The van der Waals surface area contributed by atoms with Crippen molar-refractivity contribution in [1.82, 2.24) is 25.1 Å². The van der Waals surface area contributed by atoms with E-state index in [1.807, 2.05) is 35.2 Å².